The van der Waals surface area contributed by atoms with Crippen LogP contribution >= 0.6 is 39.0 Å². The first-order valence-corrected chi connectivity index (χ1v) is 6.58. The molecule has 1 nitrogen and oxygen atoms in total. The van der Waals surface area contributed by atoms with Crippen LogP contribution in [0.15, 0.2) is 26.9 Å². The summed E-state index contributed by atoms with van der Waals surface area (Å²) in [7, 11) is 0. The topological polar surface area (TPSA) is 26.0 Å². The van der Waals surface area contributed by atoms with Gasteiger partial charge in [0.1, 0.15) is 0 Å². The molecule has 0 radical (unpaired) electrons. The van der Waals surface area contributed by atoms with Crippen LogP contribution < -0.4 is 5.73 Å². The highest BCUT2D eigenvalue weighted by atomic mass is 79.9. The second kappa shape index (κ2) is 3.52. The lowest BCUT2D eigenvalue weighted by molar-refractivity contribution is 1.57. The number of thioether (sulfide) groups is 1. The highest BCUT2D eigenvalue weighted by Crippen LogP contribution is 2.41. The van der Waals surface area contributed by atoms with Gasteiger partial charge in [0.05, 0.1) is 9.47 Å². The zero-order chi connectivity index (χ0) is 9.42. The molecule has 68 valence electrons. The van der Waals surface area contributed by atoms with Crippen molar-refractivity contribution in [3.05, 3.63) is 22.0 Å². The van der Waals surface area contributed by atoms with E-state index in [1.54, 1.807) is 23.1 Å². The largest absolute Gasteiger partial charge is 0.397 e. The number of rotatable bonds is 1. The Labute approximate surface area is 93.4 Å². The van der Waals surface area contributed by atoms with Crippen LogP contribution in [0.5, 0.6) is 0 Å². The lowest BCUT2D eigenvalue weighted by Crippen LogP contribution is -1.83. The molecule has 0 saturated carbocycles. The zero-order valence-corrected chi connectivity index (χ0v) is 10.2. The first-order valence-electron chi connectivity index (χ1n) is 3.74. The quantitative estimate of drug-likeness (QED) is 0.796. The average molecular weight is 274 g/mol. The van der Waals surface area contributed by atoms with Crippen molar-refractivity contribution in [3.63, 3.8) is 0 Å². The van der Waals surface area contributed by atoms with Gasteiger partial charge in [0, 0.05) is 15.0 Å². The summed E-state index contributed by atoms with van der Waals surface area (Å²) in [6.07, 6.45) is 2.07. The Balaban J connectivity index is 2.87. The van der Waals surface area contributed by atoms with E-state index in [1.807, 2.05) is 0 Å². The molecule has 1 aromatic heterocycles. The molecule has 1 aromatic carbocycles. The van der Waals surface area contributed by atoms with Gasteiger partial charge in [-0.05, 0) is 34.3 Å². The Hall–Kier alpha value is -0.190. The average Bonchev–Trinajstić information content (AvgIpc) is 2.43. The van der Waals surface area contributed by atoms with Crippen molar-refractivity contribution in [3.8, 4) is 0 Å². The summed E-state index contributed by atoms with van der Waals surface area (Å²) < 4.78 is 2.28. The standard InChI is InChI=1S/C9H8BrNS2/c1-12-5-3-2-4-6-7(5)8(11)9(10)13-6/h2-4H,11H2,1H3. The maximum Gasteiger partial charge on any atom is 0.0940 e. The molecule has 0 bridgehead atoms. The van der Waals surface area contributed by atoms with Crippen molar-refractivity contribution in [1.82, 2.24) is 0 Å². The maximum absolute atomic E-state index is 5.96. The minimum absolute atomic E-state index is 0.866. The highest BCUT2D eigenvalue weighted by Gasteiger charge is 2.09. The monoisotopic (exact) mass is 273 g/mol. The summed E-state index contributed by atoms with van der Waals surface area (Å²) in [5.41, 5.74) is 6.83. The van der Waals surface area contributed by atoms with Crippen LogP contribution in [0.3, 0.4) is 0 Å². The number of halogens is 1. The first kappa shape index (κ1) is 9.37. The van der Waals surface area contributed by atoms with E-state index in [-0.39, 0.29) is 0 Å². The van der Waals surface area contributed by atoms with Gasteiger partial charge in [0.15, 0.2) is 0 Å². The van der Waals surface area contributed by atoms with E-state index in [1.165, 1.54) is 15.0 Å². The fourth-order valence-electron chi connectivity index (χ4n) is 1.28. The Bertz CT molecular complexity index is 450. The van der Waals surface area contributed by atoms with E-state index in [0.29, 0.717) is 0 Å². The number of hydrogen-bond donors (Lipinski definition) is 1. The van der Waals surface area contributed by atoms with E-state index >= 15 is 0 Å². The van der Waals surface area contributed by atoms with Crippen molar-refractivity contribution >= 4 is 54.8 Å². The highest BCUT2D eigenvalue weighted by molar-refractivity contribution is 9.11. The van der Waals surface area contributed by atoms with Gasteiger partial charge in [-0.3, -0.25) is 0 Å². The van der Waals surface area contributed by atoms with E-state index < -0.39 is 0 Å². The molecule has 2 rings (SSSR count). The third-order valence-corrected chi connectivity index (χ3v) is 4.54. The van der Waals surface area contributed by atoms with Gasteiger partial charge in [0.25, 0.3) is 0 Å². The van der Waals surface area contributed by atoms with Crippen LogP contribution in [0.4, 0.5) is 5.69 Å². The molecule has 2 aromatic rings. The number of fused-ring (bicyclic) bond motifs is 1. The predicted molar refractivity (Wildman–Crippen MR) is 65.7 cm³/mol. The molecule has 4 heteroatoms. The van der Waals surface area contributed by atoms with Crippen molar-refractivity contribution in [1.29, 1.82) is 0 Å². The minimum atomic E-state index is 0.866. The molecule has 0 unspecified atom stereocenters. The van der Waals surface area contributed by atoms with Crippen LogP contribution in [0.25, 0.3) is 10.1 Å². The Morgan fingerprint density at radius 2 is 2.23 bits per heavy atom. The van der Waals surface area contributed by atoms with E-state index in [0.717, 1.165) is 9.47 Å². The molecule has 1 heterocycles. The molecule has 0 aliphatic carbocycles. The number of thiophene rings is 1. The van der Waals surface area contributed by atoms with Crippen LogP contribution in [0.2, 0.25) is 0 Å². The molecular weight excluding hydrogens is 266 g/mol. The van der Waals surface area contributed by atoms with Crippen molar-refractivity contribution in [2.24, 2.45) is 0 Å². The molecule has 0 atom stereocenters. The molecule has 0 fully saturated rings. The van der Waals surface area contributed by atoms with Crippen LogP contribution in [-0.2, 0) is 0 Å². The summed E-state index contributed by atoms with van der Waals surface area (Å²) in [5.74, 6) is 0. The number of nitrogen functional groups attached to an aromatic ring is 1. The smallest absolute Gasteiger partial charge is 0.0940 e. The maximum atomic E-state index is 5.96. The Morgan fingerprint density at radius 1 is 1.46 bits per heavy atom. The van der Waals surface area contributed by atoms with E-state index in [2.05, 4.69) is 40.4 Å². The molecular formula is C9H8BrNS2. The van der Waals surface area contributed by atoms with Crippen molar-refractivity contribution in [2.75, 3.05) is 12.0 Å². The SMILES string of the molecule is CSc1cccc2sc(Br)c(N)c12. The molecule has 0 spiro atoms. The minimum Gasteiger partial charge on any atom is -0.397 e. The van der Waals surface area contributed by atoms with Crippen molar-refractivity contribution < 1.29 is 0 Å². The molecule has 0 aliphatic rings. The van der Waals surface area contributed by atoms with Gasteiger partial charge >= 0.3 is 0 Å². The molecule has 0 aliphatic heterocycles. The zero-order valence-electron chi connectivity index (χ0n) is 7.00. The van der Waals surface area contributed by atoms with Crippen molar-refractivity contribution in [2.45, 2.75) is 4.90 Å². The summed E-state index contributed by atoms with van der Waals surface area (Å²) in [6.45, 7) is 0. The second-order valence-electron chi connectivity index (χ2n) is 2.62. The fraction of sp³-hybridized carbons (Fsp3) is 0.111. The number of benzene rings is 1. The van der Waals surface area contributed by atoms with E-state index in [9.17, 15) is 0 Å². The van der Waals surface area contributed by atoms with Crippen LogP contribution in [0.1, 0.15) is 0 Å². The molecule has 0 saturated heterocycles. The first-order chi connectivity index (χ1) is 6.24. The fourth-order valence-corrected chi connectivity index (χ4v) is 3.58. The third kappa shape index (κ3) is 1.47. The number of hydrogen-bond acceptors (Lipinski definition) is 3. The molecule has 13 heavy (non-hydrogen) atoms. The van der Waals surface area contributed by atoms with Crippen LogP contribution in [0, 0.1) is 0 Å². The number of anilines is 1. The lowest BCUT2D eigenvalue weighted by Gasteiger charge is -1.99. The molecule has 0 amide bonds. The van der Waals surface area contributed by atoms with Gasteiger partial charge < -0.3 is 5.73 Å². The Kier molecular flexibility index (Phi) is 2.53. The van der Waals surface area contributed by atoms with Gasteiger partial charge in [-0.2, -0.15) is 0 Å². The van der Waals surface area contributed by atoms with Crippen LogP contribution in [-0.4, -0.2) is 6.26 Å². The third-order valence-electron chi connectivity index (χ3n) is 1.89. The molecule has 2 N–H and O–H groups in total. The lowest BCUT2D eigenvalue weighted by atomic mass is 10.2. The Morgan fingerprint density at radius 3 is 2.92 bits per heavy atom. The predicted octanol–water partition coefficient (Wildman–Crippen LogP) is 3.97. The summed E-state index contributed by atoms with van der Waals surface area (Å²) in [4.78, 5) is 1.25. The van der Waals surface area contributed by atoms with Gasteiger partial charge in [-0.1, -0.05) is 6.07 Å². The van der Waals surface area contributed by atoms with Gasteiger partial charge in [-0.15, -0.1) is 23.1 Å². The summed E-state index contributed by atoms with van der Waals surface area (Å²) >= 11 is 6.87. The normalized spacial score (nSPS) is 10.9. The second-order valence-corrected chi connectivity index (χ2v) is 5.84. The summed E-state index contributed by atoms with van der Waals surface area (Å²) in [5, 5.41) is 1.19. The van der Waals surface area contributed by atoms with Gasteiger partial charge in [-0.25, -0.2) is 0 Å². The number of nitrogens with two attached hydrogens (primary N) is 1. The van der Waals surface area contributed by atoms with E-state index in [4.69, 9.17) is 5.73 Å². The summed E-state index contributed by atoms with van der Waals surface area (Å²) in [6, 6.07) is 6.26. The van der Waals surface area contributed by atoms with Gasteiger partial charge in [0.2, 0.25) is 0 Å².